The van der Waals surface area contributed by atoms with E-state index in [0.717, 1.165) is 40.3 Å². The molecule has 0 spiro atoms. The van der Waals surface area contributed by atoms with Crippen LogP contribution in [-0.2, 0) is 149 Å². The molecule has 122 heavy (non-hydrogen) atoms. The second kappa shape index (κ2) is 47.8. The Morgan fingerprint density at radius 3 is 0.959 bits per heavy atom. The molecule has 3 N–H and O–H groups in total. The molecule has 0 bridgehead atoms. The summed E-state index contributed by atoms with van der Waals surface area (Å²) in [5.41, 5.74) is 4.29. The van der Waals surface area contributed by atoms with Crippen LogP contribution in [-0.4, -0.2) is 253 Å². The third kappa shape index (κ3) is 28.5. The van der Waals surface area contributed by atoms with E-state index in [4.69, 9.17) is 109 Å². The second-order valence-electron chi connectivity index (χ2n) is 29.8. The molecular weight excluding hydrogens is 1590 g/mol. The van der Waals surface area contributed by atoms with Crippen LogP contribution in [0.25, 0.3) is 0 Å². The molecule has 7 fully saturated rings. The maximum absolute atomic E-state index is 11.3. The summed E-state index contributed by atoms with van der Waals surface area (Å²) in [6.07, 6.45) is -9.58. The number of aliphatic carboxylic acids is 1. The number of fused-ring (bicyclic) bond motifs is 3. The number of hydrogen-bond acceptors (Lipinski definition) is 31. The molecule has 7 heterocycles. The first kappa shape index (κ1) is 100. The Labute approximate surface area is 711 Å². The molecule has 0 aromatic heterocycles. The lowest BCUT2D eigenvalue weighted by Crippen LogP contribution is -2.42. The highest BCUT2D eigenvalue weighted by Gasteiger charge is 2.59. The Morgan fingerprint density at radius 1 is 0.361 bits per heavy atom. The Morgan fingerprint density at radius 2 is 0.656 bits per heavy atom. The van der Waals surface area contributed by atoms with Crippen LogP contribution in [0.4, 0.5) is 0 Å². The highest BCUT2D eigenvalue weighted by Crippen LogP contribution is 2.47. The number of esters is 6. The SMILES string of the molecule is C.CC(=O)O.CC(=O)OC(C)=O.CC1(C)O[C@H]2O[C@H](COC(c3ccccc3)(c3ccccc3)c3ccccc3)[C@H](O)[C@H]2O1.CC1(C)O[C@H]2O[C@H](COC(c3ccccc3)(c3ccccc3)c3ccccc3)[C@H](OCCO)[C@H]2O1.COCCO[C@@H]1[C@H]2OC(C)(C)O[C@H]2O[C@@H]1COC(C)=O.COCCO[C@H]1[C@@H](COC(C)=O)OC(OC(C)=O)[C@@H]1OC(C)=O. The van der Waals surface area contributed by atoms with Crippen molar-refractivity contribution in [3.63, 3.8) is 0 Å². The van der Waals surface area contributed by atoms with Crippen LogP contribution in [0.1, 0.15) is 131 Å². The Bertz CT molecular complexity index is 3930. The molecule has 6 aromatic carbocycles. The molecule has 0 amide bonds. The van der Waals surface area contributed by atoms with Gasteiger partial charge in [-0.15, -0.1) is 0 Å². The third-order valence-corrected chi connectivity index (χ3v) is 18.9. The van der Waals surface area contributed by atoms with E-state index in [2.05, 4.69) is 77.5 Å². The minimum atomic E-state index is -1.13. The van der Waals surface area contributed by atoms with Crippen molar-refractivity contribution >= 4 is 41.8 Å². The van der Waals surface area contributed by atoms with E-state index in [-0.39, 0.29) is 71.9 Å². The van der Waals surface area contributed by atoms with Gasteiger partial charge in [-0.3, -0.25) is 33.6 Å². The van der Waals surface area contributed by atoms with Gasteiger partial charge in [0.2, 0.25) is 6.29 Å². The summed E-state index contributed by atoms with van der Waals surface area (Å²) in [6, 6.07) is 61.0. The van der Waals surface area contributed by atoms with Crippen LogP contribution < -0.4 is 0 Å². The highest BCUT2D eigenvalue weighted by molar-refractivity contribution is 5.82. The van der Waals surface area contributed by atoms with Gasteiger partial charge in [0.25, 0.3) is 5.97 Å². The molecule has 0 saturated carbocycles. The van der Waals surface area contributed by atoms with E-state index in [1.165, 1.54) is 48.7 Å². The summed E-state index contributed by atoms with van der Waals surface area (Å²) >= 11 is 0. The molecule has 16 atom stereocenters. The number of carbonyl (C=O) groups is 7. The van der Waals surface area contributed by atoms with Crippen LogP contribution in [0.2, 0.25) is 0 Å². The minimum absolute atomic E-state index is 0. The molecule has 7 saturated heterocycles. The summed E-state index contributed by atoms with van der Waals surface area (Å²) in [7, 11) is 3.11. The van der Waals surface area contributed by atoms with E-state index < -0.39 is 151 Å². The molecular formula is C90H118O32. The van der Waals surface area contributed by atoms with Gasteiger partial charge in [-0.05, 0) is 74.9 Å². The average Bonchev–Trinajstić information content (AvgIpc) is 0.901. The van der Waals surface area contributed by atoms with E-state index >= 15 is 0 Å². The van der Waals surface area contributed by atoms with Gasteiger partial charge in [-0.25, -0.2) is 0 Å². The molecule has 0 radical (unpaired) electrons. The van der Waals surface area contributed by atoms with Gasteiger partial charge >= 0.3 is 35.8 Å². The van der Waals surface area contributed by atoms with Crippen molar-refractivity contribution in [1.82, 2.24) is 0 Å². The average molecular weight is 1710 g/mol. The summed E-state index contributed by atoms with van der Waals surface area (Å²) < 4.78 is 124. The lowest BCUT2D eigenvalue weighted by atomic mass is 9.80. The zero-order chi connectivity index (χ0) is 88.1. The van der Waals surface area contributed by atoms with Crippen LogP contribution in [0, 0.1) is 0 Å². The van der Waals surface area contributed by atoms with E-state index in [1.54, 1.807) is 7.11 Å². The van der Waals surface area contributed by atoms with Crippen LogP contribution in [0.3, 0.4) is 0 Å². The zero-order valence-electron chi connectivity index (χ0n) is 70.8. The molecule has 13 rings (SSSR count). The third-order valence-electron chi connectivity index (χ3n) is 18.9. The number of rotatable bonds is 29. The molecule has 6 aromatic rings. The molecule has 1 unspecified atom stereocenters. The topological polar surface area (TPSA) is 383 Å². The second-order valence-corrected chi connectivity index (χ2v) is 29.8. The maximum atomic E-state index is 11.3. The Kier molecular flexibility index (Phi) is 39.2. The summed E-state index contributed by atoms with van der Waals surface area (Å²) in [4.78, 5) is 73.0. The predicted molar refractivity (Wildman–Crippen MR) is 434 cm³/mol. The number of aliphatic hydroxyl groups excluding tert-OH is 2. The quantitative estimate of drug-likeness (QED) is 0.0129. The smallest absolute Gasteiger partial charge is 0.310 e. The number of hydrogen-bond donors (Lipinski definition) is 3. The molecule has 670 valence electrons. The maximum Gasteiger partial charge on any atom is 0.310 e. The van der Waals surface area contributed by atoms with Crippen molar-refractivity contribution in [3.8, 4) is 0 Å². The van der Waals surface area contributed by atoms with Crippen molar-refractivity contribution < 1.29 is 153 Å². The molecule has 7 aliphatic heterocycles. The van der Waals surface area contributed by atoms with Gasteiger partial charge in [0, 0.05) is 62.7 Å². The lowest BCUT2D eigenvalue weighted by molar-refractivity contribution is -0.227. The molecule has 32 heteroatoms. The first-order valence-electron chi connectivity index (χ1n) is 39.6. The van der Waals surface area contributed by atoms with E-state index in [1.807, 2.05) is 151 Å². The fraction of sp³-hybridized carbons (Fsp3) is 0.522. The monoisotopic (exact) mass is 1710 g/mol. The molecule has 7 aliphatic rings. The highest BCUT2D eigenvalue weighted by atomic mass is 16.9. The number of benzene rings is 6. The lowest BCUT2D eigenvalue weighted by Gasteiger charge is -2.37. The summed E-state index contributed by atoms with van der Waals surface area (Å²) in [6.45, 7) is 21.3. The minimum Gasteiger partial charge on any atom is -0.481 e. The first-order chi connectivity index (χ1) is 57.7. The van der Waals surface area contributed by atoms with Gasteiger partial charge in [0.1, 0.15) is 91.6 Å². The van der Waals surface area contributed by atoms with Gasteiger partial charge in [-0.2, -0.15) is 0 Å². The number of ether oxygens (including phenoxy) is 22. The standard InChI is InChI=1S/C29H32O6.C27H28O5.C14H22O9.C13H22O7.C4H6O3.C2H4O2.CH4/c1-28(2)34-26-25(31-19-18-30)24(33-27(26)35-28)20-32-29(21-12-6-3-7-13-21,22-14-8-4-9-15-22)23-16-10-5-11-17-23;1-26(2)31-24-23(28)22(30-25(24)32-26)18-29-27(19-12-6-3-7-13-19,20-14-8-4-9-15-20)21-16-10-5-11-17-21;1-8(15)20-7-11-12(19-6-5-18-4)13(21-9(2)16)14(23-11)22-10(3)17;1-8(14)17-7-9-10(16-6-5-15-4)11-12(18-9)20-13(2,3)19-11;1-3(5)7-4(2)6;1-2(3)4;/h3-17,24-27,30H,18-20H2,1-2H3;3-17,22-25,28H,18H2,1-2H3;11-14H,5-7H2,1-4H3;9-12H,5-7H2,1-4H3;1-2H3;1H3,(H,3,4);1H4/t24-,25+,26-,27-;22-,23+,24-,25-;11-,12+,13-,14?;9-,10+,11-,12-;;;/m1111.../s1. The van der Waals surface area contributed by atoms with Crippen molar-refractivity contribution in [2.75, 3.05) is 80.3 Å². The van der Waals surface area contributed by atoms with Crippen LogP contribution in [0.5, 0.6) is 0 Å². The number of carboxylic acid groups (broad SMARTS) is 1. The largest absolute Gasteiger partial charge is 0.481 e. The van der Waals surface area contributed by atoms with Gasteiger partial charge in [0.05, 0.1) is 52.9 Å². The summed E-state index contributed by atoms with van der Waals surface area (Å²) in [5, 5.41) is 27.7. The van der Waals surface area contributed by atoms with Gasteiger partial charge < -0.3 is 120 Å². The van der Waals surface area contributed by atoms with Crippen molar-refractivity contribution in [2.45, 2.75) is 224 Å². The van der Waals surface area contributed by atoms with Crippen LogP contribution >= 0.6 is 0 Å². The zero-order valence-corrected chi connectivity index (χ0v) is 70.8. The fourth-order valence-electron chi connectivity index (χ4n) is 14.3. The van der Waals surface area contributed by atoms with Gasteiger partial charge in [0.15, 0.2) is 42.3 Å². The van der Waals surface area contributed by atoms with E-state index in [9.17, 15) is 39.0 Å². The van der Waals surface area contributed by atoms with Crippen molar-refractivity contribution in [3.05, 3.63) is 215 Å². The normalized spacial score (nSPS) is 25.7. The van der Waals surface area contributed by atoms with Gasteiger partial charge in [-0.1, -0.05) is 189 Å². The Hall–Kier alpha value is -8.95. The summed E-state index contributed by atoms with van der Waals surface area (Å²) in [5.74, 6) is -6.23. The number of methoxy groups -OCH3 is 2. The van der Waals surface area contributed by atoms with E-state index in [0.29, 0.717) is 19.8 Å². The first-order valence-corrected chi connectivity index (χ1v) is 39.6. The molecule has 0 aliphatic carbocycles. The number of aliphatic hydroxyl groups is 2. The number of carboxylic acids is 1. The number of carbonyl (C=O) groups excluding carboxylic acids is 6. The molecule has 32 nitrogen and oxygen atoms in total. The fourth-order valence-corrected chi connectivity index (χ4v) is 14.3. The van der Waals surface area contributed by atoms with Crippen molar-refractivity contribution in [1.29, 1.82) is 0 Å². The Balaban J connectivity index is 0.000000218. The van der Waals surface area contributed by atoms with Crippen molar-refractivity contribution in [2.24, 2.45) is 0 Å². The predicted octanol–water partition coefficient (Wildman–Crippen LogP) is 9.56. The van der Waals surface area contributed by atoms with Crippen LogP contribution in [0.15, 0.2) is 182 Å².